The van der Waals surface area contributed by atoms with Crippen LogP contribution >= 0.6 is 0 Å². The maximum atomic E-state index is 11.9. The summed E-state index contributed by atoms with van der Waals surface area (Å²) in [4.78, 5) is 3.92. The molecule has 1 aromatic rings. The van der Waals surface area contributed by atoms with E-state index in [4.69, 9.17) is 5.73 Å². The Hall–Kier alpha value is -0.980. The van der Waals surface area contributed by atoms with Crippen molar-refractivity contribution in [1.29, 1.82) is 0 Å². The Morgan fingerprint density at radius 2 is 2.29 bits per heavy atom. The first-order valence-corrected chi connectivity index (χ1v) is 7.22. The van der Waals surface area contributed by atoms with Crippen LogP contribution in [-0.4, -0.2) is 19.4 Å². The Balaban J connectivity index is 2.09. The summed E-state index contributed by atoms with van der Waals surface area (Å²) in [5.74, 6) is 0.480. The fourth-order valence-electron chi connectivity index (χ4n) is 1.79. The van der Waals surface area contributed by atoms with E-state index in [1.165, 1.54) is 12.3 Å². The average molecular weight is 255 g/mol. The van der Waals surface area contributed by atoms with Gasteiger partial charge in [0.15, 0.2) is 5.03 Å². The Kier molecular flexibility index (Phi) is 3.46. The smallest absolute Gasteiger partial charge is 0.258 e. The molecule has 0 amide bonds. The first kappa shape index (κ1) is 12.5. The molecule has 0 bridgehead atoms. The zero-order valence-corrected chi connectivity index (χ0v) is 10.6. The largest absolute Gasteiger partial charge is 0.326 e. The highest BCUT2D eigenvalue weighted by atomic mass is 32.2. The lowest BCUT2D eigenvalue weighted by molar-refractivity contribution is 0.572. The van der Waals surface area contributed by atoms with Crippen LogP contribution in [0.1, 0.15) is 25.3 Å². The van der Waals surface area contributed by atoms with Crippen molar-refractivity contribution in [2.75, 3.05) is 0 Å². The Morgan fingerprint density at radius 3 is 2.76 bits per heavy atom. The second-order valence-corrected chi connectivity index (χ2v) is 6.00. The standard InChI is InChI=1S/C11H17N3O2S/c1-2-9-5-10(9)14-17(15,16)11-4-3-8(6-12)7-13-11/h3-4,7,9-10,14H,2,5-6,12H2,1H3. The van der Waals surface area contributed by atoms with E-state index in [1.54, 1.807) is 6.07 Å². The zero-order chi connectivity index (χ0) is 12.5. The molecule has 5 nitrogen and oxygen atoms in total. The lowest BCUT2D eigenvalue weighted by atomic mass is 10.3. The number of nitrogens with zero attached hydrogens (tertiary/aromatic N) is 1. The molecule has 1 aromatic heterocycles. The van der Waals surface area contributed by atoms with E-state index >= 15 is 0 Å². The van der Waals surface area contributed by atoms with Gasteiger partial charge in [-0.05, 0) is 24.0 Å². The van der Waals surface area contributed by atoms with E-state index < -0.39 is 10.0 Å². The first-order chi connectivity index (χ1) is 8.06. The summed E-state index contributed by atoms with van der Waals surface area (Å²) in [6.07, 6.45) is 3.43. The first-order valence-electron chi connectivity index (χ1n) is 5.74. The summed E-state index contributed by atoms with van der Waals surface area (Å²) in [5, 5.41) is 0.0662. The summed E-state index contributed by atoms with van der Waals surface area (Å²) in [7, 11) is -3.47. The molecule has 6 heteroatoms. The number of sulfonamides is 1. The van der Waals surface area contributed by atoms with E-state index in [2.05, 4.69) is 16.6 Å². The number of rotatable bonds is 5. The fraction of sp³-hybridized carbons (Fsp3) is 0.545. The van der Waals surface area contributed by atoms with Gasteiger partial charge >= 0.3 is 0 Å². The molecule has 2 atom stereocenters. The third kappa shape index (κ3) is 2.83. The van der Waals surface area contributed by atoms with Crippen LogP contribution in [0.4, 0.5) is 0 Å². The van der Waals surface area contributed by atoms with Crippen LogP contribution in [-0.2, 0) is 16.6 Å². The van der Waals surface area contributed by atoms with Crippen molar-refractivity contribution in [3.8, 4) is 0 Å². The number of aromatic nitrogens is 1. The molecule has 1 aliphatic carbocycles. The molecular weight excluding hydrogens is 238 g/mol. The number of pyridine rings is 1. The Morgan fingerprint density at radius 1 is 1.53 bits per heavy atom. The third-order valence-electron chi connectivity index (χ3n) is 3.06. The van der Waals surface area contributed by atoms with Crippen LogP contribution in [0.15, 0.2) is 23.4 Å². The summed E-state index contributed by atoms with van der Waals surface area (Å²) >= 11 is 0. The van der Waals surface area contributed by atoms with Crippen LogP contribution in [0.2, 0.25) is 0 Å². The van der Waals surface area contributed by atoms with Crippen molar-refractivity contribution in [3.63, 3.8) is 0 Å². The molecular formula is C11H17N3O2S. The van der Waals surface area contributed by atoms with Gasteiger partial charge in [0.2, 0.25) is 0 Å². The van der Waals surface area contributed by atoms with E-state index in [0.717, 1.165) is 18.4 Å². The summed E-state index contributed by atoms with van der Waals surface area (Å²) in [6.45, 7) is 2.43. The molecule has 1 aliphatic rings. The predicted molar refractivity (Wildman–Crippen MR) is 64.6 cm³/mol. The minimum atomic E-state index is -3.47. The van der Waals surface area contributed by atoms with E-state index in [-0.39, 0.29) is 11.1 Å². The highest BCUT2D eigenvalue weighted by Gasteiger charge is 2.38. The van der Waals surface area contributed by atoms with Crippen LogP contribution in [0.3, 0.4) is 0 Å². The van der Waals surface area contributed by atoms with Gasteiger partial charge in [-0.25, -0.2) is 18.1 Å². The van der Waals surface area contributed by atoms with Crippen molar-refractivity contribution in [3.05, 3.63) is 23.9 Å². The van der Waals surface area contributed by atoms with E-state index in [1.807, 2.05) is 0 Å². The number of hydrogen-bond donors (Lipinski definition) is 2. The lowest BCUT2D eigenvalue weighted by Gasteiger charge is -2.05. The number of nitrogens with one attached hydrogen (secondary N) is 1. The highest BCUT2D eigenvalue weighted by Crippen LogP contribution is 2.34. The van der Waals surface area contributed by atoms with E-state index in [0.29, 0.717) is 12.5 Å². The van der Waals surface area contributed by atoms with Crippen molar-refractivity contribution in [2.45, 2.75) is 37.4 Å². The van der Waals surface area contributed by atoms with Gasteiger partial charge in [0, 0.05) is 18.8 Å². The topological polar surface area (TPSA) is 85.1 Å². The van der Waals surface area contributed by atoms with Gasteiger partial charge in [0.05, 0.1) is 0 Å². The van der Waals surface area contributed by atoms with Gasteiger partial charge < -0.3 is 5.73 Å². The molecule has 17 heavy (non-hydrogen) atoms. The van der Waals surface area contributed by atoms with E-state index in [9.17, 15) is 8.42 Å². The molecule has 2 unspecified atom stereocenters. The second-order valence-electron chi connectivity index (χ2n) is 4.34. The molecule has 0 spiro atoms. The molecule has 0 aliphatic heterocycles. The van der Waals surface area contributed by atoms with Gasteiger partial charge in [-0.1, -0.05) is 19.4 Å². The minimum absolute atomic E-state index is 0.0662. The quantitative estimate of drug-likeness (QED) is 0.807. The monoisotopic (exact) mass is 255 g/mol. The second kappa shape index (κ2) is 4.72. The summed E-state index contributed by atoms with van der Waals surface area (Å²) in [5.41, 5.74) is 6.25. The molecule has 1 saturated carbocycles. The number of hydrogen-bond acceptors (Lipinski definition) is 4. The minimum Gasteiger partial charge on any atom is -0.326 e. The third-order valence-corrected chi connectivity index (χ3v) is 4.47. The molecule has 1 heterocycles. The molecule has 0 radical (unpaired) electrons. The predicted octanol–water partition coefficient (Wildman–Crippen LogP) is 0.617. The van der Waals surface area contributed by atoms with Crippen molar-refractivity contribution >= 4 is 10.0 Å². The molecule has 0 saturated heterocycles. The SMILES string of the molecule is CCC1CC1NS(=O)(=O)c1ccc(CN)cn1. The van der Waals surface area contributed by atoms with Crippen LogP contribution in [0, 0.1) is 5.92 Å². The molecule has 2 rings (SSSR count). The molecule has 3 N–H and O–H groups in total. The number of nitrogens with two attached hydrogens (primary N) is 1. The van der Waals surface area contributed by atoms with Crippen molar-refractivity contribution in [2.24, 2.45) is 11.7 Å². The van der Waals surface area contributed by atoms with Crippen molar-refractivity contribution < 1.29 is 8.42 Å². The summed E-state index contributed by atoms with van der Waals surface area (Å²) < 4.78 is 26.5. The maximum Gasteiger partial charge on any atom is 0.258 e. The van der Waals surface area contributed by atoms with Crippen LogP contribution in [0.25, 0.3) is 0 Å². The Bertz CT molecular complexity index is 484. The average Bonchev–Trinajstić information content (AvgIpc) is 3.07. The molecule has 1 fully saturated rings. The van der Waals surface area contributed by atoms with Crippen LogP contribution in [0.5, 0.6) is 0 Å². The van der Waals surface area contributed by atoms with Gasteiger partial charge in [-0.2, -0.15) is 0 Å². The fourth-order valence-corrected chi connectivity index (χ4v) is 3.04. The van der Waals surface area contributed by atoms with Crippen molar-refractivity contribution in [1.82, 2.24) is 9.71 Å². The normalized spacial score (nSPS) is 23.6. The molecule has 0 aromatic carbocycles. The van der Waals surface area contributed by atoms with Gasteiger partial charge in [-0.3, -0.25) is 0 Å². The molecule has 94 valence electrons. The van der Waals surface area contributed by atoms with Gasteiger partial charge in [0.25, 0.3) is 10.0 Å². The van der Waals surface area contributed by atoms with Gasteiger partial charge in [0.1, 0.15) is 0 Å². The van der Waals surface area contributed by atoms with Crippen LogP contribution < -0.4 is 10.5 Å². The summed E-state index contributed by atoms with van der Waals surface area (Å²) in [6, 6.07) is 3.26. The zero-order valence-electron chi connectivity index (χ0n) is 9.76. The highest BCUT2D eigenvalue weighted by molar-refractivity contribution is 7.89. The maximum absolute atomic E-state index is 11.9. The Labute approximate surface area is 101 Å². The lowest BCUT2D eigenvalue weighted by Crippen LogP contribution is -2.27. The van der Waals surface area contributed by atoms with Gasteiger partial charge in [-0.15, -0.1) is 0 Å².